The van der Waals surface area contributed by atoms with Crippen molar-refractivity contribution >= 4 is 34.6 Å². The Bertz CT molecular complexity index is 1100. The Balaban J connectivity index is 1.72. The highest BCUT2D eigenvalue weighted by atomic mass is 32.1. The number of anilines is 1. The highest BCUT2D eigenvalue weighted by molar-refractivity contribution is 7.15. The van der Waals surface area contributed by atoms with Crippen molar-refractivity contribution in [3.05, 3.63) is 56.7 Å². The third kappa shape index (κ3) is 3.71. The van der Waals surface area contributed by atoms with Crippen molar-refractivity contribution in [1.29, 1.82) is 0 Å². The van der Waals surface area contributed by atoms with Crippen molar-refractivity contribution in [2.45, 2.75) is 13.8 Å². The predicted molar refractivity (Wildman–Crippen MR) is 122 cm³/mol. The van der Waals surface area contributed by atoms with Gasteiger partial charge >= 0.3 is 0 Å². The van der Waals surface area contributed by atoms with Gasteiger partial charge in [-0.1, -0.05) is 6.07 Å². The number of ether oxygens (including phenoxy) is 1. The number of nitrogens with zero attached hydrogens (tertiary/aromatic N) is 4. The van der Waals surface area contributed by atoms with Crippen molar-refractivity contribution in [3.63, 3.8) is 0 Å². The van der Waals surface area contributed by atoms with Crippen molar-refractivity contribution in [1.82, 2.24) is 14.8 Å². The summed E-state index contributed by atoms with van der Waals surface area (Å²) in [5.41, 5.74) is 1.74. The topological polar surface area (TPSA) is 83.1 Å². The summed E-state index contributed by atoms with van der Waals surface area (Å²) >= 11 is 1.31. The highest BCUT2D eigenvalue weighted by Crippen LogP contribution is 2.38. The van der Waals surface area contributed by atoms with Gasteiger partial charge in [0.05, 0.1) is 4.88 Å². The minimum atomic E-state index is -0.373. The molecular formula is C23H26N4O4S. The lowest BCUT2D eigenvalue weighted by Gasteiger charge is -2.39. The second-order valence-corrected chi connectivity index (χ2v) is 9.12. The first-order valence-corrected chi connectivity index (χ1v) is 11.3. The van der Waals surface area contributed by atoms with Crippen molar-refractivity contribution in [2.24, 2.45) is 0 Å². The van der Waals surface area contributed by atoms with Gasteiger partial charge in [0, 0.05) is 57.0 Å². The number of carbonyl (C=O) groups is 3. The van der Waals surface area contributed by atoms with Gasteiger partial charge in [0.1, 0.15) is 23.8 Å². The van der Waals surface area contributed by atoms with Crippen LogP contribution in [-0.2, 0) is 9.53 Å². The summed E-state index contributed by atoms with van der Waals surface area (Å²) in [5, 5.41) is 0. The van der Waals surface area contributed by atoms with Crippen LogP contribution < -0.4 is 4.90 Å². The zero-order chi connectivity index (χ0) is 23.0. The molecule has 1 fully saturated rings. The molecule has 3 heterocycles. The standard InChI is InChI=1S/C23H26N4O4S/c1-14-15(2)32-23-18(14)21(29)20(19(22(23)30)25(3)17(28)13-31-4)27-11-9-26(10-12-27)16-7-5-6-8-24-16/h5-8H,9-13H2,1-4H3. The van der Waals surface area contributed by atoms with Crippen LogP contribution in [-0.4, -0.2) is 79.2 Å². The number of methoxy groups -OCH3 is 1. The smallest absolute Gasteiger partial charge is 0.252 e. The van der Waals surface area contributed by atoms with E-state index in [2.05, 4.69) is 9.88 Å². The van der Waals surface area contributed by atoms with E-state index in [-0.39, 0.29) is 29.8 Å². The predicted octanol–water partition coefficient (Wildman–Crippen LogP) is 2.28. The van der Waals surface area contributed by atoms with Gasteiger partial charge in [-0.05, 0) is 31.5 Å². The number of aromatic nitrogens is 1. The zero-order valence-corrected chi connectivity index (χ0v) is 19.5. The minimum Gasteiger partial charge on any atom is -0.375 e. The maximum atomic E-state index is 13.7. The maximum absolute atomic E-state index is 13.7. The molecule has 9 heteroatoms. The number of hydrogen-bond donors (Lipinski definition) is 0. The molecule has 1 saturated heterocycles. The SMILES string of the molecule is COCC(=O)N(C)C1=C(N2CCN(c3ccccn3)CC2)C(=O)c2c(sc(C)c2C)C1=O. The van der Waals surface area contributed by atoms with Crippen LogP contribution in [0.4, 0.5) is 5.82 Å². The van der Waals surface area contributed by atoms with E-state index in [1.54, 1.807) is 6.20 Å². The number of piperazine rings is 1. The number of aryl methyl sites for hydroxylation is 1. The van der Waals surface area contributed by atoms with Gasteiger partial charge in [-0.25, -0.2) is 4.98 Å². The fourth-order valence-electron chi connectivity index (χ4n) is 4.15. The molecule has 1 aliphatic heterocycles. The fourth-order valence-corrected chi connectivity index (χ4v) is 5.25. The first-order valence-electron chi connectivity index (χ1n) is 10.4. The average Bonchev–Trinajstić information content (AvgIpc) is 3.11. The second-order valence-electron chi connectivity index (χ2n) is 7.89. The Labute approximate surface area is 191 Å². The Morgan fingerprint density at radius 3 is 2.44 bits per heavy atom. The monoisotopic (exact) mass is 454 g/mol. The van der Waals surface area contributed by atoms with Gasteiger partial charge in [-0.2, -0.15) is 0 Å². The molecule has 0 bridgehead atoms. The lowest BCUT2D eigenvalue weighted by molar-refractivity contribution is -0.131. The highest BCUT2D eigenvalue weighted by Gasteiger charge is 2.41. The summed E-state index contributed by atoms with van der Waals surface area (Å²) < 4.78 is 4.98. The number of carbonyl (C=O) groups excluding carboxylic acids is 3. The number of Topliss-reactive ketones (excluding diaryl/α,β-unsaturated/α-hetero) is 2. The lowest BCUT2D eigenvalue weighted by Crippen LogP contribution is -2.50. The molecule has 4 rings (SSSR count). The van der Waals surface area contributed by atoms with E-state index < -0.39 is 0 Å². The number of pyridine rings is 1. The molecule has 0 N–H and O–H groups in total. The largest absolute Gasteiger partial charge is 0.375 e. The molecule has 0 radical (unpaired) electrons. The molecule has 2 aromatic heterocycles. The zero-order valence-electron chi connectivity index (χ0n) is 18.7. The third-order valence-corrected chi connectivity index (χ3v) is 7.23. The van der Waals surface area contributed by atoms with E-state index >= 15 is 0 Å². The van der Waals surface area contributed by atoms with Crippen LogP contribution in [0, 0.1) is 13.8 Å². The summed E-state index contributed by atoms with van der Waals surface area (Å²) in [7, 11) is 2.96. The van der Waals surface area contributed by atoms with Crippen LogP contribution in [0.1, 0.15) is 30.5 Å². The molecule has 168 valence electrons. The number of allylic oxidation sites excluding steroid dienone is 2. The Morgan fingerprint density at radius 2 is 1.81 bits per heavy atom. The van der Waals surface area contributed by atoms with E-state index in [9.17, 15) is 14.4 Å². The average molecular weight is 455 g/mol. The molecule has 8 nitrogen and oxygen atoms in total. The van der Waals surface area contributed by atoms with Gasteiger partial charge in [0.25, 0.3) is 5.91 Å². The maximum Gasteiger partial charge on any atom is 0.252 e. The van der Waals surface area contributed by atoms with Crippen molar-refractivity contribution in [2.75, 3.05) is 51.8 Å². The van der Waals surface area contributed by atoms with Crippen LogP contribution in [0.5, 0.6) is 0 Å². The number of amides is 1. The number of rotatable bonds is 5. The molecule has 2 aromatic rings. The second kappa shape index (κ2) is 8.84. The first kappa shape index (κ1) is 22.2. The van der Waals surface area contributed by atoms with Gasteiger partial charge in [-0.15, -0.1) is 11.3 Å². The van der Waals surface area contributed by atoms with Gasteiger partial charge < -0.3 is 19.4 Å². The van der Waals surface area contributed by atoms with E-state index in [4.69, 9.17) is 4.74 Å². The normalized spacial score (nSPS) is 16.5. The lowest BCUT2D eigenvalue weighted by atomic mass is 9.92. The van der Waals surface area contributed by atoms with E-state index in [0.29, 0.717) is 42.3 Å². The number of hydrogen-bond acceptors (Lipinski definition) is 8. The summed E-state index contributed by atoms with van der Waals surface area (Å²) in [4.78, 5) is 51.0. The van der Waals surface area contributed by atoms with Gasteiger partial charge in [0.15, 0.2) is 0 Å². The van der Waals surface area contributed by atoms with Gasteiger partial charge in [-0.3, -0.25) is 14.4 Å². The molecule has 0 unspecified atom stereocenters. The fraction of sp³-hybridized carbons (Fsp3) is 0.391. The van der Waals surface area contributed by atoms with E-state index in [1.165, 1.54) is 30.4 Å². The molecule has 1 amide bonds. The molecule has 2 aliphatic rings. The van der Waals surface area contributed by atoms with Gasteiger partial charge in [0.2, 0.25) is 11.6 Å². The van der Waals surface area contributed by atoms with Crippen LogP contribution in [0.3, 0.4) is 0 Å². The summed E-state index contributed by atoms with van der Waals surface area (Å²) in [6.45, 7) is 5.99. The van der Waals surface area contributed by atoms with E-state index in [1.807, 2.05) is 36.9 Å². The number of fused-ring (bicyclic) bond motifs is 1. The molecule has 1 aliphatic carbocycles. The Kier molecular flexibility index (Phi) is 6.12. The summed E-state index contributed by atoms with van der Waals surface area (Å²) in [6.07, 6.45) is 1.76. The van der Waals surface area contributed by atoms with Crippen molar-refractivity contribution in [3.8, 4) is 0 Å². The molecule has 0 saturated carbocycles. The molecular weight excluding hydrogens is 428 g/mol. The number of ketones is 2. The Morgan fingerprint density at radius 1 is 1.12 bits per heavy atom. The van der Waals surface area contributed by atoms with Crippen LogP contribution in [0.15, 0.2) is 35.8 Å². The summed E-state index contributed by atoms with van der Waals surface area (Å²) in [6, 6.07) is 5.77. The first-order chi connectivity index (χ1) is 15.3. The minimum absolute atomic E-state index is 0.136. The number of thiophene rings is 1. The van der Waals surface area contributed by atoms with Crippen molar-refractivity contribution < 1.29 is 19.1 Å². The van der Waals surface area contributed by atoms with Crippen LogP contribution in [0.2, 0.25) is 0 Å². The van der Waals surface area contributed by atoms with Crippen LogP contribution >= 0.6 is 11.3 Å². The molecule has 32 heavy (non-hydrogen) atoms. The third-order valence-electron chi connectivity index (χ3n) is 6.02. The van der Waals surface area contributed by atoms with Crippen LogP contribution in [0.25, 0.3) is 0 Å². The number of likely N-dealkylation sites (N-methyl/N-ethyl adjacent to an activating group) is 1. The molecule has 0 atom stereocenters. The Hall–Kier alpha value is -3.04. The summed E-state index contributed by atoms with van der Waals surface area (Å²) in [5.74, 6) is 0.0304. The quantitative estimate of drug-likeness (QED) is 0.685. The molecule has 0 aromatic carbocycles. The van der Waals surface area contributed by atoms with E-state index in [0.717, 1.165) is 16.3 Å². The molecule has 0 spiro atoms.